The molecule has 1 aromatic rings. The van der Waals surface area contributed by atoms with Gasteiger partial charge in [0.05, 0.1) is 12.1 Å². The van der Waals surface area contributed by atoms with Crippen molar-refractivity contribution in [3.8, 4) is 0 Å². The normalized spacial score (nSPS) is 23.7. The van der Waals surface area contributed by atoms with Gasteiger partial charge in [-0.25, -0.2) is 4.39 Å². The van der Waals surface area contributed by atoms with Gasteiger partial charge in [-0.05, 0) is 39.0 Å². The zero-order chi connectivity index (χ0) is 13.5. The molecule has 5 heteroatoms. The molecule has 1 aliphatic rings. The highest BCUT2D eigenvalue weighted by Crippen LogP contribution is 2.36. The van der Waals surface area contributed by atoms with E-state index in [4.69, 9.17) is 5.73 Å². The van der Waals surface area contributed by atoms with E-state index in [0.29, 0.717) is 18.1 Å². The van der Waals surface area contributed by atoms with Gasteiger partial charge in [0.25, 0.3) is 0 Å². The van der Waals surface area contributed by atoms with Crippen LogP contribution < -0.4 is 5.73 Å². The Balaban J connectivity index is 2.52. The van der Waals surface area contributed by atoms with Crippen LogP contribution in [0, 0.1) is 5.82 Å². The van der Waals surface area contributed by atoms with Crippen molar-refractivity contribution in [3.63, 3.8) is 0 Å². The monoisotopic (exact) mass is 313 g/mol. The summed E-state index contributed by atoms with van der Waals surface area (Å²) in [5.74, 6) is 0.253. The first kappa shape index (κ1) is 13.3. The number of nitrogens with zero attached hydrogens (tertiary/aromatic N) is 2. The van der Waals surface area contributed by atoms with Crippen LogP contribution in [0.15, 0.2) is 27.7 Å². The molecule has 1 heterocycles. The second-order valence-corrected chi connectivity index (χ2v) is 5.95. The van der Waals surface area contributed by atoms with Crippen molar-refractivity contribution in [2.45, 2.75) is 32.4 Å². The molecule has 18 heavy (non-hydrogen) atoms. The average Bonchev–Trinajstić information content (AvgIpc) is 2.59. The number of guanidine groups is 1. The summed E-state index contributed by atoms with van der Waals surface area (Å²) in [6.45, 7) is 6.51. The number of rotatable bonds is 2. The Bertz CT molecular complexity index is 501. The Labute approximate surface area is 115 Å². The van der Waals surface area contributed by atoms with Gasteiger partial charge in [-0.3, -0.25) is 4.99 Å². The van der Waals surface area contributed by atoms with Crippen molar-refractivity contribution in [3.05, 3.63) is 34.1 Å². The second-order valence-electron chi connectivity index (χ2n) is 5.04. The molecule has 0 aromatic heterocycles. The number of halogens is 2. The third-order valence-electron chi connectivity index (χ3n) is 3.35. The molecule has 0 saturated carbocycles. The van der Waals surface area contributed by atoms with Crippen LogP contribution in [0.5, 0.6) is 0 Å². The molecule has 1 unspecified atom stereocenters. The fourth-order valence-corrected chi connectivity index (χ4v) is 2.96. The molecule has 98 valence electrons. The Morgan fingerprint density at radius 3 is 2.78 bits per heavy atom. The summed E-state index contributed by atoms with van der Waals surface area (Å²) in [4.78, 5) is 6.25. The molecule has 3 nitrogen and oxygen atoms in total. The third kappa shape index (κ3) is 2.00. The van der Waals surface area contributed by atoms with E-state index in [1.807, 2.05) is 25.7 Å². The summed E-state index contributed by atoms with van der Waals surface area (Å²) in [6.07, 6.45) is 0. The minimum atomic E-state index is -0.522. The fraction of sp³-hybridized carbons (Fsp3) is 0.462. The van der Waals surface area contributed by atoms with E-state index >= 15 is 0 Å². The van der Waals surface area contributed by atoms with Gasteiger partial charge < -0.3 is 10.6 Å². The molecule has 0 bridgehead atoms. The van der Waals surface area contributed by atoms with Crippen LogP contribution in [0.4, 0.5) is 4.39 Å². The number of benzene rings is 1. The van der Waals surface area contributed by atoms with Crippen LogP contribution in [0.25, 0.3) is 0 Å². The van der Waals surface area contributed by atoms with Crippen molar-refractivity contribution in [1.29, 1.82) is 0 Å². The number of nitrogens with two attached hydrogens (primary N) is 1. The lowest BCUT2D eigenvalue weighted by Gasteiger charge is -2.39. The standard InChI is InChI=1S/C13H17BrFN3/c1-8(2)18-12(16)17-7-13(18,3)10-6-9(14)4-5-11(10)15/h4-6,8H,7H2,1-3H3,(H2,16,17). The predicted octanol–water partition coefficient (Wildman–Crippen LogP) is 2.84. The summed E-state index contributed by atoms with van der Waals surface area (Å²) in [7, 11) is 0. The van der Waals surface area contributed by atoms with Gasteiger partial charge in [-0.2, -0.15) is 0 Å². The molecule has 2 rings (SSSR count). The third-order valence-corrected chi connectivity index (χ3v) is 3.85. The first-order chi connectivity index (χ1) is 8.36. The van der Waals surface area contributed by atoms with Crippen molar-refractivity contribution >= 4 is 21.9 Å². The van der Waals surface area contributed by atoms with Crippen molar-refractivity contribution in [2.24, 2.45) is 10.7 Å². The summed E-state index contributed by atoms with van der Waals surface area (Å²) >= 11 is 3.39. The van der Waals surface area contributed by atoms with Crippen LogP contribution in [-0.4, -0.2) is 23.4 Å². The smallest absolute Gasteiger partial charge is 0.192 e. The van der Waals surface area contributed by atoms with E-state index in [1.54, 1.807) is 12.1 Å². The highest BCUT2D eigenvalue weighted by atomic mass is 79.9. The van der Waals surface area contributed by atoms with Gasteiger partial charge in [0, 0.05) is 16.1 Å². The van der Waals surface area contributed by atoms with Crippen molar-refractivity contribution < 1.29 is 4.39 Å². The van der Waals surface area contributed by atoms with Crippen LogP contribution in [0.3, 0.4) is 0 Å². The van der Waals surface area contributed by atoms with E-state index in [2.05, 4.69) is 20.9 Å². The lowest BCUT2D eigenvalue weighted by Crippen LogP contribution is -2.51. The lowest BCUT2D eigenvalue weighted by atomic mass is 9.89. The van der Waals surface area contributed by atoms with Gasteiger partial charge in [-0.15, -0.1) is 0 Å². The topological polar surface area (TPSA) is 41.6 Å². The first-order valence-electron chi connectivity index (χ1n) is 5.91. The molecule has 1 aromatic carbocycles. The lowest BCUT2D eigenvalue weighted by molar-refractivity contribution is 0.180. The molecule has 0 saturated heterocycles. The average molecular weight is 314 g/mol. The van der Waals surface area contributed by atoms with E-state index in [0.717, 1.165) is 4.47 Å². The number of hydrogen-bond donors (Lipinski definition) is 1. The van der Waals surface area contributed by atoms with Crippen LogP contribution in [0.2, 0.25) is 0 Å². The predicted molar refractivity (Wildman–Crippen MR) is 74.9 cm³/mol. The molecule has 0 fully saturated rings. The Hall–Kier alpha value is -1.10. The summed E-state index contributed by atoms with van der Waals surface area (Å²) in [6, 6.07) is 5.14. The SMILES string of the molecule is CC(C)N1C(N)=NCC1(C)c1cc(Br)ccc1F. The van der Waals surface area contributed by atoms with Gasteiger partial charge in [0.15, 0.2) is 5.96 Å². The largest absolute Gasteiger partial charge is 0.370 e. The molecule has 2 N–H and O–H groups in total. The van der Waals surface area contributed by atoms with E-state index in [9.17, 15) is 4.39 Å². The van der Waals surface area contributed by atoms with Crippen LogP contribution in [-0.2, 0) is 5.54 Å². The highest BCUT2D eigenvalue weighted by Gasteiger charge is 2.42. The second kappa shape index (κ2) is 4.53. The summed E-state index contributed by atoms with van der Waals surface area (Å²) < 4.78 is 14.9. The molecule has 0 amide bonds. The minimum absolute atomic E-state index is 0.166. The maximum absolute atomic E-state index is 14.1. The fourth-order valence-electron chi connectivity index (χ4n) is 2.60. The summed E-state index contributed by atoms with van der Waals surface area (Å²) in [5.41, 5.74) is 6.02. The maximum Gasteiger partial charge on any atom is 0.192 e. The zero-order valence-corrected chi connectivity index (χ0v) is 12.3. The molecule has 1 atom stereocenters. The van der Waals surface area contributed by atoms with Crippen molar-refractivity contribution in [1.82, 2.24) is 4.90 Å². The number of aliphatic imine (C=N–C) groups is 1. The summed E-state index contributed by atoms with van der Waals surface area (Å²) in [5, 5.41) is 0. The molecular formula is C13H17BrFN3. The molecule has 0 aliphatic carbocycles. The number of hydrogen-bond acceptors (Lipinski definition) is 3. The van der Waals surface area contributed by atoms with Gasteiger partial charge >= 0.3 is 0 Å². The first-order valence-corrected chi connectivity index (χ1v) is 6.70. The van der Waals surface area contributed by atoms with E-state index in [-0.39, 0.29) is 11.9 Å². The van der Waals surface area contributed by atoms with Gasteiger partial charge in [-0.1, -0.05) is 15.9 Å². The van der Waals surface area contributed by atoms with E-state index in [1.165, 1.54) is 6.07 Å². The van der Waals surface area contributed by atoms with Gasteiger partial charge in [0.1, 0.15) is 5.82 Å². The van der Waals surface area contributed by atoms with E-state index < -0.39 is 5.54 Å². The maximum atomic E-state index is 14.1. The Morgan fingerprint density at radius 1 is 1.50 bits per heavy atom. The van der Waals surface area contributed by atoms with Crippen LogP contribution >= 0.6 is 15.9 Å². The highest BCUT2D eigenvalue weighted by molar-refractivity contribution is 9.10. The minimum Gasteiger partial charge on any atom is -0.370 e. The zero-order valence-electron chi connectivity index (χ0n) is 10.7. The molecule has 1 aliphatic heterocycles. The van der Waals surface area contributed by atoms with Crippen LogP contribution in [0.1, 0.15) is 26.3 Å². The molecule has 0 spiro atoms. The van der Waals surface area contributed by atoms with Gasteiger partial charge in [0.2, 0.25) is 0 Å². The molecule has 0 radical (unpaired) electrons. The quantitative estimate of drug-likeness (QED) is 0.912. The Morgan fingerprint density at radius 2 is 2.17 bits per heavy atom. The molecular weight excluding hydrogens is 297 g/mol. The van der Waals surface area contributed by atoms with Crippen molar-refractivity contribution in [2.75, 3.05) is 6.54 Å². The Kier molecular flexibility index (Phi) is 3.36.